The largest absolute Gasteiger partial charge is 0.306 e. The van der Waals surface area contributed by atoms with Gasteiger partial charge in [0.15, 0.2) is 0 Å². The van der Waals surface area contributed by atoms with E-state index in [0.717, 1.165) is 23.6 Å². The highest BCUT2D eigenvalue weighted by molar-refractivity contribution is 7.10. The number of hydrogen-bond acceptors (Lipinski definition) is 2. The summed E-state index contributed by atoms with van der Waals surface area (Å²) in [4.78, 5) is 1.43. The van der Waals surface area contributed by atoms with Crippen LogP contribution < -0.4 is 5.32 Å². The van der Waals surface area contributed by atoms with Crippen molar-refractivity contribution in [1.29, 1.82) is 0 Å². The van der Waals surface area contributed by atoms with Gasteiger partial charge in [-0.2, -0.15) is 0 Å². The van der Waals surface area contributed by atoms with Crippen molar-refractivity contribution in [3.8, 4) is 0 Å². The number of nitrogens with one attached hydrogen (secondary N) is 1. The van der Waals surface area contributed by atoms with Gasteiger partial charge in [0, 0.05) is 9.90 Å². The molecule has 1 aromatic carbocycles. The molecule has 108 valence electrons. The van der Waals surface area contributed by atoms with Gasteiger partial charge in [-0.15, -0.1) is 11.3 Å². The predicted molar refractivity (Wildman–Crippen MR) is 90.1 cm³/mol. The van der Waals surface area contributed by atoms with Crippen LogP contribution in [0.1, 0.15) is 47.0 Å². The molecule has 0 aliphatic heterocycles. The molecule has 0 amide bonds. The van der Waals surface area contributed by atoms with Crippen molar-refractivity contribution in [3.05, 3.63) is 55.7 Å². The topological polar surface area (TPSA) is 12.0 Å². The van der Waals surface area contributed by atoms with E-state index < -0.39 is 0 Å². The number of rotatable bonds is 5. The maximum atomic E-state index is 6.23. The maximum Gasteiger partial charge on any atom is 0.0676 e. The van der Waals surface area contributed by atoms with Gasteiger partial charge in [0.2, 0.25) is 0 Å². The van der Waals surface area contributed by atoms with Crippen molar-refractivity contribution in [3.63, 3.8) is 0 Å². The summed E-state index contributed by atoms with van der Waals surface area (Å²) in [5.74, 6) is 0. The van der Waals surface area contributed by atoms with E-state index in [1.807, 2.05) is 11.3 Å². The summed E-state index contributed by atoms with van der Waals surface area (Å²) in [6.07, 6.45) is 1.08. The summed E-state index contributed by atoms with van der Waals surface area (Å²) in [6.45, 7) is 9.54. The van der Waals surface area contributed by atoms with E-state index in [1.54, 1.807) is 0 Å². The first-order chi connectivity index (χ1) is 9.58. The Morgan fingerprint density at radius 3 is 2.60 bits per heavy atom. The number of aryl methyl sites for hydroxylation is 3. The number of thiophene rings is 1. The van der Waals surface area contributed by atoms with Gasteiger partial charge in [-0.1, -0.05) is 31.5 Å². The fraction of sp³-hybridized carbons (Fsp3) is 0.412. The quantitative estimate of drug-likeness (QED) is 0.792. The van der Waals surface area contributed by atoms with Crippen LogP contribution in [0.3, 0.4) is 0 Å². The number of benzene rings is 1. The van der Waals surface area contributed by atoms with Crippen LogP contribution in [-0.4, -0.2) is 6.54 Å². The van der Waals surface area contributed by atoms with Crippen LogP contribution in [0.25, 0.3) is 0 Å². The monoisotopic (exact) mass is 307 g/mol. The van der Waals surface area contributed by atoms with Crippen LogP contribution in [0.15, 0.2) is 23.6 Å². The third-order valence-corrected chi connectivity index (χ3v) is 5.12. The molecule has 1 N–H and O–H groups in total. The molecule has 20 heavy (non-hydrogen) atoms. The van der Waals surface area contributed by atoms with Crippen LogP contribution in [0.2, 0.25) is 5.02 Å². The zero-order chi connectivity index (χ0) is 14.7. The molecule has 0 spiro atoms. The van der Waals surface area contributed by atoms with Gasteiger partial charge in [-0.3, -0.25) is 0 Å². The Bertz CT molecular complexity index is 589. The molecule has 0 aliphatic carbocycles. The molecular weight excluding hydrogens is 286 g/mol. The molecule has 1 aromatic heterocycles. The highest BCUT2D eigenvalue weighted by Crippen LogP contribution is 2.33. The van der Waals surface area contributed by atoms with E-state index in [4.69, 9.17) is 11.6 Å². The Morgan fingerprint density at radius 1 is 1.20 bits per heavy atom. The highest BCUT2D eigenvalue weighted by Gasteiger charge is 2.20. The predicted octanol–water partition coefficient (Wildman–Crippen LogP) is 5.28. The molecule has 2 rings (SSSR count). The van der Waals surface area contributed by atoms with Crippen molar-refractivity contribution in [2.45, 2.75) is 40.2 Å². The minimum atomic E-state index is 0.269. The fourth-order valence-corrected chi connectivity index (χ4v) is 3.86. The van der Waals surface area contributed by atoms with Gasteiger partial charge in [-0.05, 0) is 66.6 Å². The average molecular weight is 308 g/mol. The Labute approximate surface area is 131 Å². The van der Waals surface area contributed by atoms with Crippen molar-refractivity contribution in [1.82, 2.24) is 5.32 Å². The summed E-state index contributed by atoms with van der Waals surface area (Å²) >= 11 is 8.07. The van der Waals surface area contributed by atoms with Crippen LogP contribution in [0.4, 0.5) is 0 Å². The second-order valence-electron chi connectivity index (χ2n) is 5.11. The minimum absolute atomic E-state index is 0.269. The molecule has 1 unspecified atom stereocenters. The van der Waals surface area contributed by atoms with Crippen LogP contribution >= 0.6 is 22.9 Å². The van der Waals surface area contributed by atoms with Crippen molar-refractivity contribution < 1.29 is 0 Å². The Kier molecular flexibility index (Phi) is 5.25. The molecule has 0 saturated heterocycles. The molecule has 1 heterocycles. The van der Waals surface area contributed by atoms with E-state index in [9.17, 15) is 0 Å². The van der Waals surface area contributed by atoms with E-state index in [1.165, 1.54) is 21.6 Å². The van der Waals surface area contributed by atoms with Gasteiger partial charge >= 0.3 is 0 Å². The molecule has 0 fully saturated rings. The second-order valence-corrected chi connectivity index (χ2v) is 6.47. The lowest BCUT2D eigenvalue weighted by molar-refractivity contribution is 0.632. The normalized spacial score (nSPS) is 12.7. The number of halogens is 1. The molecule has 0 radical (unpaired) electrons. The van der Waals surface area contributed by atoms with Gasteiger partial charge in [0.1, 0.15) is 0 Å². The van der Waals surface area contributed by atoms with Crippen molar-refractivity contribution >= 4 is 22.9 Å². The lowest BCUT2D eigenvalue weighted by atomic mass is 9.95. The Hall–Kier alpha value is -0.830. The zero-order valence-electron chi connectivity index (χ0n) is 12.6. The standard InChI is InChI=1S/C17H22ClNS/c1-5-13-7-8-20-17(13)16(19-6-2)14-9-12(4)15(18)10-11(14)3/h7-10,16,19H,5-6H2,1-4H3. The summed E-state index contributed by atoms with van der Waals surface area (Å²) in [7, 11) is 0. The van der Waals surface area contributed by atoms with Crippen LogP contribution in [-0.2, 0) is 6.42 Å². The minimum Gasteiger partial charge on any atom is -0.306 e. The van der Waals surface area contributed by atoms with E-state index >= 15 is 0 Å². The summed E-state index contributed by atoms with van der Waals surface area (Å²) < 4.78 is 0. The van der Waals surface area contributed by atoms with Crippen LogP contribution in [0.5, 0.6) is 0 Å². The molecule has 2 aromatic rings. The van der Waals surface area contributed by atoms with E-state index in [-0.39, 0.29) is 6.04 Å². The lowest BCUT2D eigenvalue weighted by Crippen LogP contribution is -2.23. The fourth-order valence-electron chi connectivity index (χ4n) is 2.56. The van der Waals surface area contributed by atoms with Crippen molar-refractivity contribution in [2.75, 3.05) is 6.54 Å². The lowest BCUT2D eigenvalue weighted by Gasteiger charge is -2.22. The summed E-state index contributed by atoms with van der Waals surface area (Å²) in [5.41, 5.74) is 5.17. The maximum absolute atomic E-state index is 6.23. The van der Waals surface area contributed by atoms with Gasteiger partial charge < -0.3 is 5.32 Å². The zero-order valence-corrected chi connectivity index (χ0v) is 14.2. The highest BCUT2D eigenvalue weighted by atomic mass is 35.5. The van der Waals surface area contributed by atoms with Crippen LogP contribution in [0, 0.1) is 13.8 Å². The number of hydrogen-bond donors (Lipinski definition) is 1. The molecule has 0 aliphatic rings. The first-order valence-electron chi connectivity index (χ1n) is 7.14. The third-order valence-electron chi connectivity index (χ3n) is 3.69. The average Bonchev–Trinajstić information content (AvgIpc) is 2.88. The first-order valence-corrected chi connectivity index (χ1v) is 8.40. The second kappa shape index (κ2) is 6.75. The van der Waals surface area contributed by atoms with E-state index in [2.05, 4.69) is 56.6 Å². The van der Waals surface area contributed by atoms with E-state index in [0.29, 0.717) is 0 Å². The van der Waals surface area contributed by atoms with Gasteiger partial charge in [0.25, 0.3) is 0 Å². The van der Waals surface area contributed by atoms with Crippen molar-refractivity contribution in [2.24, 2.45) is 0 Å². The first kappa shape index (κ1) is 15.6. The summed E-state index contributed by atoms with van der Waals surface area (Å²) in [6, 6.07) is 6.81. The molecule has 1 nitrogen and oxygen atoms in total. The smallest absolute Gasteiger partial charge is 0.0676 e. The molecule has 0 bridgehead atoms. The Morgan fingerprint density at radius 2 is 1.95 bits per heavy atom. The SMILES string of the molecule is CCNC(c1cc(C)c(Cl)cc1C)c1sccc1CC. The third kappa shape index (κ3) is 3.08. The molecular formula is C17H22ClNS. The molecule has 0 saturated carbocycles. The molecule has 3 heteroatoms. The van der Waals surface area contributed by atoms with Gasteiger partial charge in [-0.25, -0.2) is 0 Å². The van der Waals surface area contributed by atoms with Gasteiger partial charge in [0.05, 0.1) is 6.04 Å². The Balaban J connectivity index is 2.51. The molecule has 1 atom stereocenters. The summed E-state index contributed by atoms with van der Waals surface area (Å²) in [5, 5.41) is 6.67.